The molecule has 3 rings (SSSR count). The van der Waals surface area contributed by atoms with Gasteiger partial charge in [-0.1, -0.05) is 48.0 Å². The van der Waals surface area contributed by atoms with Crippen molar-refractivity contribution in [3.8, 4) is 0 Å². The van der Waals surface area contributed by atoms with Crippen molar-refractivity contribution in [1.82, 2.24) is 9.55 Å². The topological polar surface area (TPSA) is 64.0 Å². The Balaban J connectivity index is 1.81. The van der Waals surface area contributed by atoms with E-state index in [-0.39, 0.29) is 23.9 Å². The quantitative estimate of drug-likeness (QED) is 0.788. The molecular formula is C17H17Cl2N3O2S. The molecule has 1 atom stereocenters. The van der Waals surface area contributed by atoms with Crippen molar-refractivity contribution >= 4 is 46.6 Å². The minimum atomic E-state index is -0.219. The van der Waals surface area contributed by atoms with Gasteiger partial charge in [-0.2, -0.15) is 0 Å². The molecule has 1 aliphatic heterocycles. The number of hydrogen-bond donors (Lipinski definition) is 1. The highest BCUT2D eigenvalue weighted by Crippen LogP contribution is 2.34. The van der Waals surface area contributed by atoms with Crippen LogP contribution in [0.15, 0.2) is 28.2 Å². The Bertz CT molecular complexity index is 898. The van der Waals surface area contributed by atoms with Gasteiger partial charge in [0.15, 0.2) is 5.16 Å². The maximum atomic E-state index is 12.7. The van der Waals surface area contributed by atoms with Crippen molar-refractivity contribution in [2.75, 3.05) is 11.1 Å². The normalized spacial score (nSPS) is 15.9. The number of benzene rings is 1. The Morgan fingerprint density at radius 1 is 1.44 bits per heavy atom. The van der Waals surface area contributed by atoms with Gasteiger partial charge in [-0.25, -0.2) is 4.98 Å². The van der Waals surface area contributed by atoms with E-state index in [0.29, 0.717) is 38.6 Å². The first-order valence-electron chi connectivity index (χ1n) is 7.91. The van der Waals surface area contributed by atoms with Crippen molar-refractivity contribution in [1.29, 1.82) is 0 Å². The molecule has 2 aromatic rings. The summed E-state index contributed by atoms with van der Waals surface area (Å²) in [6.45, 7) is 3.78. The average Bonchev–Trinajstić information content (AvgIpc) is 2.95. The van der Waals surface area contributed by atoms with E-state index in [9.17, 15) is 9.59 Å². The largest absolute Gasteiger partial charge is 0.325 e. The Hall–Kier alpha value is -1.50. The fourth-order valence-electron chi connectivity index (χ4n) is 2.89. The molecule has 0 aliphatic carbocycles. The van der Waals surface area contributed by atoms with Crippen LogP contribution < -0.4 is 10.9 Å². The number of halogens is 2. The zero-order chi connectivity index (χ0) is 18.1. The van der Waals surface area contributed by atoms with E-state index < -0.39 is 0 Å². The minimum absolute atomic E-state index is 0.0476. The van der Waals surface area contributed by atoms with Crippen LogP contribution in [0.5, 0.6) is 0 Å². The first kappa shape index (κ1) is 18.3. The maximum Gasteiger partial charge on any atom is 0.257 e. The van der Waals surface area contributed by atoms with Crippen LogP contribution in [-0.2, 0) is 11.2 Å². The van der Waals surface area contributed by atoms with Crippen LogP contribution in [0, 0.1) is 6.92 Å². The predicted octanol–water partition coefficient (Wildman–Crippen LogP) is 4.10. The summed E-state index contributed by atoms with van der Waals surface area (Å²) >= 11 is 13.6. The molecule has 1 amide bonds. The molecule has 5 nitrogen and oxygen atoms in total. The van der Waals surface area contributed by atoms with Gasteiger partial charge in [-0.3, -0.25) is 14.2 Å². The lowest BCUT2D eigenvalue weighted by Gasteiger charge is -2.15. The van der Waals surface area contributed by atoms with Crippen LogP contribution >= 0.6 is 35.0 Å². The maximum absolute atomic E-state index is 12.7. The highest BCUT2D eigenvalue weighted by molar-refractivity contribution is 7.99. The fourth-order valence-corrected chi connectivity index (χ4v) is 4.42. The third kappa shape index (κ3) is 3.57. The van der Waals surface area contributed by atoms with Crippen molar-refractivity contribution in [3.63, 3.8) is 0 Å². The first-order chi connectivity index (χ1) is 11.9. The number of nitrogens with one attached hydrogen (secondary N) is 1. The SMILES string of the molecule is CCc1c(C)nc2n(c1=O)C(CC(=O)Nc1cccc(Cl)c1Cl)CS2. The van der Waals surface area contributed by atoms with Crippen LogP contribution in [0.3, 0.4) is 0 Å². The van der Waals surface area contributed by atoms with Gasteiger partial charge in [0.2, 0.25) is 5.91 Å². The summed E-state index contributed by atoms with van der Waals surface area (Å²) in [7, 11) is 0. The second-order valence-corrected chi connectivity index (χ2v) is 7.58. The smallest absolute Gasteiger partial charge is 0.257 e. The van der Waals surface area contributed by atoms with E-state index in [0.717, 1.165) is 5.69 Å². The monoisotopic (exact) mass is 397 g/mol. The summed E-state index contributed by atoms with van der Waals surface area (Å²) in [4.78, 5) is 29.6. The molecule has 1 aromatic carbocycles. The second kappa shape index (κ2) is 7.40. The highest BCUT2D eigenvalue weighted by Gasteiger charge is 2.29. The molecule has 0 saturated heterocycles. The molecule has 0 fully saturated rings. The summed E-state index contributed by atoms with van der Waals surface area (Å²) in [6.07, 6.45) is 0.802. The molecule has 0 bridgehead atoms. The Morgan fingerprint density at radius 3 is 2.92 bits per heavy atom. The van der Waals surface area contributed by atoms with E-state index in [1.807, 2.05) is 13.8 Å². The van der Waals surface area contributed by atoms with Gasteiger partial charge in [0.25, 0.3) is 5.56 Å². The van der Waals surface area contributed by atoms with Gasteiger partial charge < -0.3 is 5.32 Å². The van der Waals surface area contributed by atoms with E-state index in [4.69, 9.17) is 23.2 Å². The Labute approximate surface area is 159 Å². The number of rotatable bonds is 4. The third-order valence-corrected chi connectivity index (χ3v) is 6.07. The standard InChI is InChI=1S/C17H17Cl2N3O2S/c1-3-11-9(2)20-17-22(16(11)24)10(8-25-17)7-14(23)21-13-6-4-5-12(18)15(13)19/h4-6,10H,3,7-8H2,1-2H3,(H,21,23). The molecule has 8 heteroatoms. The minimum Gasteiger partial charge on any atom is -0.325 e. The number of carbonyl (C=O) groups excluding carboxylic acids is 1. The second-order valence-electron chi connectivity index (χ2n) is 5.81. The highest BCUT2D eigenvalue weighted by atomic mass is 35.5. The molecular weight excluding hydrogens is 381 g/mol. The van der Waals surface area contributed by atoms with Gasteiger partial charge in [-0.15, -0.1) is 0 Å². The summed E-state index contributed by atoms with van der Waals surface area (Å²) in [5.74, 6) is 0.430. The van der Waals surface area contributed by atoms with E-state index >= 15 is 0 Å². The lowest BCUT2D eigenvalue weighted by molar-refractivity contribution is -0.116. The van der Waals surface area contributed by atoms with Crippen molar-refractivity contribution in [2.24, 2.45) is 0 Å². The number of thioether (sulfide) groups is 1. The zero-order valence-corrected chi connectivity index (χ0v) is 16.1. The number of aryl methyl sites for hydroxylation is 1. The van der Waals surface area contributed by atoms with Crippen LogP contribution in [-0.4, -0.2) is 21.2 Å². The van der Waals surface area contributed by atoms with Gasteiger partial charge >= 0.3 is 0 Å². The van der Waals surface area contributed by atoms with Crippen molar-refractivity contribution in [3.05, 3.63) is 49.9 Å². The van der Waals surface area contributed by atoms with Crippen molar-refractivity contribution in [2.45, 2.75) is 37.9 Å². The number of anilines is 1. The molecule has 132 valence electrons. The number of nitrogens with zero attached hydrogens (tertiary/aromatic N) is 2. The summed E-state index contributed by atoms with van der Waals surface area (Å²) in [5.41, 5.74) is 1.89. The van der Waals surface area contributed by atoms with Gasteiger partial charge in [0, 0.05) is 23.4 Å². The van der Waals surface area contributed by atoms with Crippen LogP contribution in [0.25, 0.3) is 0 Å². The molecule has 0 saturated carbocycles. The fraction of sp³-hybridized carbons (Fsp3) is 0.353. The average molecular weight is 398 g/mol. The van der Waals surface area contributed by atoms with Crippen LogP contribution in [0.4, 0.5) is 5.69 Å². The van der Waals surface area contributed by atoms with Gasteiger partial charge in [-0.05, 0) is 25.5 Å². The van der Waals surface area contributed by atoms with E-state index in [1.165, 1.54) is 11.8 Å². The Kier molecular flexibility index (Phi) is 5.41. The third-order valence-electron chi connectivity index (χ3n) is 4.15. The lowest BCUT2D eigenvalue weighted by atomic mass is 10.1. The molecule has 2 heterocycles. The van der Waals surface area contributed by atoms with Crippen LogP contribution in [0.1, 0.15) is 30.6 Å². The first-order valence-corrected chi connectivity index (χ1v) is 9.65. The molecule has 1 aliphatic rings. The van der Waals surface area contributed by atoms with Gasteiger partial charge in [0.1, 0.15) is 0 Å². The summed E-state index contributed by atoms with van der Waals surface area (Å²) in [5, 5.41) is 4.13. The molecule has 1 aromatic heterocycles. The number of amides is 1. The molecule has 0 spiro atoms. The number of fused-ring (bicyclic) bond motifs is 1. The van der Waals surface area contributed by atoms with E-state index in [2.05, 4.69) is 10.3 Å². The lowest BCUT2D eigenvalue weighted by Crippen LogP contribution is -2.30. The summed E-state index contributed by atoms with van der Waals surface area (Å²) < 4.78 is 1.65. The molecule has 1 N–H and O–H groups in total. The molecule has 25 heavy (non-hydrogen) atoms. The number of aromatic nitrogens is 2. The number of hydrogen-bond acceptors (Lipinski definition) is 4. The van der Waals surface area contributed by atoms with Gasteiger partial charge in [0.05, 0.1) is 21.8 Å². The van der Waals surface area contributed by atoms with Crippen molar-refractivity contribution < 1.29 is 4.79 Å². The number of carbonyl (C=O) groups is 1. The Morgan fingerprint density at radius 2 is 2.20 bits per heavy atom. The van der Waals surface area contributed by atoms with Crippen LogP contribution in [0.2, 0.25) is 10.0 Å². The zero-order valence-electron chi connectivity index (χ0n) is 13.8. The predicted molar refractivity (Wildman–Crippen MR) is 102 cm³/mol. The molecule has 0 radical (unpaired) electrons. The molecule has 1 unspecified atom stereocenters. The van der Waals surface area contributed by atoms with E-state index in [1.54, 1.807) is 22.8 Å². The summed E-state index contributed by atoms with van der Waals surface area (Å²) in [6, 6.07) is 4.85.